The fraction of sp³-hybridized carbons (Fsp3) is 0.750. The van der Waals surface area contributed by atoms with Crippen LogP contribution in [-0.2, 0) is 16.1 Å². The molecule has 24 heavy (non-hydrogen) atoms. The Morgan fingerprint density at radius 2 is 2.12 bits per heavy atom. The summed E-state index contributed by atoms with van der Waals surface area (Å²) < 4.78 is 7.10. The van der Waals surface area contributed by atoms with Gasteiger partial charge in [-0.3, -0.25) is 14.4 Å². The summed E-state index contributed by atoms with van der Waals surface area (Å²) in [6.45, 7) is 8.45. The lowest BCUT2D eigenvalue weighted by Crippen LogP contribution is -2.54. The van der Waals surface area contributed by atoms with Gasteiger partial charge in [-0.1, -0.05) is 0 Å². The number of carbonyl (C=O) groups excluding carboxylic acids is 2. The molecule has 2 atom stereocenters. The molecule has 1 aromatic rings. The maximum atomic E-state index is 12.6. The molecule has 0 saturated carbocycles. The smallest absolute Gasteiger partial charge is 0.410 e. The summed E-state index contributed by atoms with van der Waals surface area (Å²) in [7, 11) is 0. The maximum Gasteiger partial charge on any atom is 0.410 e. The van der Waals surface area contributed by atoms with Gasteiger partial charge in [0.05, 0.1) is 6.54 Å². The SMILES string of the molecule is C[C@@H](Cn1cncn1)NC(=O)[C@@H]1CCCCN1C(=O)OC(C)(C)C. The second-order valence-electron chi connectivity index (χ2n) is 7.21. The number of nitrogens with one attached hydrogen (secondary N) is 1. The summed E-state index contributed by atoms with van der Waals surface area (Å²) in [5, 5.41) is 6.99. The lowest BCUT2D eigenvalue weighted by atomic mass is 10.0. The van der Waals surface area contributed by atoms with Crippen LogP contribution in [0, 0.1) is 0 Å². The van der Waals surface area contributed by atoms with Gasteiger partial charge in [0, 0.05) is 12.6 Å². The summed E-state index contributed by atoms with van der Waals surface area (Å²) in [4.78, 5) is 30.4. The molecular formula is C16H27N5O3. The van der Waals surface area contributed by atoms with Crippen molar-refractivity contribution in [3.05, 3.63) is 12.7 Å². The van der Waals surface area contributed by atoms with Gasteiger partial charge in [-0.05, 0) is 47.0 Å². The van der Waals surface area contributed by atoms with Gasteiger partial charge in [-0.25, -0.2) is 9.78 Å². The normalized spacial score (nSPS) is 19.7. The third-order valence-corrected chi connectivity index (χ3v) is 3.75. The number of rotatable bonds is 4. The van der Waals surface area contributed by atoms with Crippen molar-refractivity contribution in [2.75, 3.05) is 6.54 Å². The Morgan fingerprint density at radius 1 is 1.38 bits per heavy atom. The average Bonchev–Trinajstić information content (AvgIpc) is 2.98. The lowest BCUT2D eigenvalue weighted by Gasteiger charge is -2.36. The number of amides is 2. The highest BCUT2D eigenvalue weighted by Crippen LogP contribution is 2.20. The third kappa shape index (κ3) is 5.21. The molecule has 0 unspecified atom stereocenters. The minimum atomic E-state index is -0.573. The van der Waals surface area contributed by atoms with Crippen molar-refractivity contribution in [2.24, 2.45) is 0 Å². The van der Waals surface area contributed by atoms with E-state index in [-0.39, 0.29) is 11.9 Å². The van der Waals surface area contributed by atoms with Crippen molar-refractivity contribution in [1.82, 2.24) is 25.0 Å². The molecule has 0 radical (unpaired) electrons. The number of nitrogens with zero attached hydrogens (tertiary/aromatic N) is 4. The number of hydrogen-bond acceptors (Lipinski definition) is 5. The molecule has 2 heterocycles. The van der Waals surface area contributed by atoms with E-state index in [4.69, 9.17) is 4.74 Å². The lowest BCUT2D eigenvalue weighted by molar-refractivity contribution is -0.128. The average molecular weight is 337 g/mol. The Morgan fingerprint density at radius 3 is 2.75 bits per heavy atom. The topological polar surface area (TPSA) is 89.4 Å². The standard InChI is InChI=1S/C16H27N5O3/c1-12(9-20-11-17-10-18-20)19-14(22)13-7-5-6-8-21(13)15(23)24-16(2,3)4/h10-13H,5-9H2,1-4H3,(H,19,22)/t12-,13-/m0/s1. The van der Waals surface area contributed by atoms with Gasteiger partial charge >= 0.3 is 6.09 Å². The Bertz CT molecular complexity index is 553. The zero-order valence-electron chi connectivity index (χ0n) is 14.9. The Labute approximate surface area is 142 Å². The number of carbonyl (C=O) groups is 2. The molecule has 2 amide bonds. The van der Waals surface area contributed by atoms with Crippen molar-refractivity contribution in [3.8, 4) is 0 Å². The van der Waals surface area contributed by atoms with E-state index in [1.165, 1.54) is 6.33 Å². The summed E-state index contributed by atoms with van der Waals surface area (Å²) >= 11 is 0. The number of likely N-dealkylation sites (tertiary alicyclic amines) is 1. The van der Waals surface area contributed by atoms with E-state index < -0.39 is 17.7 Å². The van der Waals surface area contributed by atoms with Crippen molar-refractivity contribution in [2.45, 2.75) is 71.2 Å². The zero-order valence-corrected chi connectivity index (χ0v) is 14.9. The number of aromatic nitrogens is 3. The van der Waals surface area contributed by atoms with E-state index in [0.29, 0.717) is 19.5 Å². The van der Waals surface area contributed by atoms with E-state index in [1.54, 1.807) is 15.9 Å². The van der Waals surface area contributed by atoms with Crippen molar-refractivity contribution >= 4 is 12.0 Å². The van der Waals surface area contributed by atoms with Crippen molar-refractivity contribution < 1.29 is 14.3 Å². The molecule has 1 saturated heterocycles. The minimum absolute atomic E-state index is 0.110. The molecule has 2 rings (SSSR count). The van der Waals surface area contributed by atoms with Crippen LogP contribution in [0.25, 0.3) is 0 Å². The highest BCUT2D eigenvalue weighted by molar-refractivity contribution is 5.86. The van der Waals surface area contributed by atoms with E-state index in [0.717, 1.165) is 12.8 Å². The van der Waals surface area contributed by atoms with Gasteiger partial charge in [0.1, 0.15) is 24.3 Å². The fourth-order valence-corrected chi connectivity index (χ4v) is 2.74. The van der Waals surface area contributed by atoms with Crippen LogP contribution in [0.1, 0.15) is 47.0 Å². The van der Waals surface area contributed by atoms with Crippen LogP contribution in [0.3, 0.4) is 0 Å². The predicted octanol–water partition coefficient (Wildman–Crippen LogP) is 1.57. The molecule has 1 aliphatic heterocycles. The molecule has 1 aliphatic rings. The maximum absolute atomic E-state index is 12.6. The number of ether oxygens (including phenoxy) is 1. The Hall–Kier alpha value is -2.12. The van der Waals surface area contributed by atoms with Gasteiger partial charge in [0.25, 0.3) is 0 Å². The second-order valence-corrected chi connectivity index (χ2v) is 7.21. The van der Waals surface area contributed by atoms with Crippen LogP contribution in [0.15, 0.2) is 12.7 Å². The molecule has 8 nitrogen and oxygen atoms in total. The second kappa shape index (κ2) is 7.63. The summed E-state index contributed by atoms with van der Waals surface area (Å²) in [6, 6.07) is -0.589. The predicted molar refractivity (Wildman–Crippen MR) is 88.2 cm³/mol. The molecule has 1 N–H and O–H groups in total. The first kappa shape index (κ1) is 18.2. The highest BCUT2D eigenvalue weighted by Gasteiger charge is 2.35. The molecule has 0 aliphatic carbocycles. The van der Waals surface area contributed by atoms with E-state index in [2.05, 4.69) is 15.4 Å². The van der Waals surface area contributed by atoms with Crippen molar-refractivity contribution in [1.29, 1.82) is 0 Å². The first-order chi connectivity index (χ1) is 11.3. The van der Waals surface area contributed by atoms with Gasteiger partial charge in [-0.15, -0.1) is 0 Å². The van der Waals surface area contributed by atoms with Crippen molar-refractivity contribution in [3.63, 3.8) is 0 Å². The monoisotopic (exact) mass is 337 g/mol. The van der Waals surface area contributed by atoms with Crippen LogP contribution in [0.4, 0.5) is 4.79 Å². The van der Waals surface area contributed by atoms with E-state index in [9.17, 15) is 9.59 Å². The summed E-state index contributed by atoms with van der Waals surface area (Å²) in [6.07, 6.45) is 5.11. The Balaban J connectivity index is 1.95. The molecule has 0 aromatic carbocycles. The zero-order chi connectivity index (χ0) is 17.7. The Kier molecular flexibility index (Phi) is 5.80. The first-order valence-electron chi connectivity index (χ1n) is 8.38. The van der Waals surface area contributed by atoms with Crippen LogP contribution in [-0.4, -0.2) is 55.9 Å². The molecule has 1 fully saturated rings. The molecular weight excluding hydrogens is 310 g/mol. The highest BCUT2D eigenvalue weighted by atomic mass is 16.6. The molecule has 1 aromatic heterocycles. The third-order valence-electron chi connectivity index (χ3n) is 3.75. The summed E-state index contributed by atoms with van der Waals surface area (Å²) in [5.74, 6) is -0.145. The molecule has 8 heteroatoms. The first-order valence-corrected chi connectivity index (χ1v) is 8.38. The fourth-order valence-electron chi connectivity index (χ4n) is 2.74. The van der Waals surface area contributed by atoms with E-state index >= 15 is 0 Å². The van der Waals surface area contributed by atoms with Gasteiger partial charge in [0.15, 0.2) is 0 Å². The van der Waals surface area contributed by atoms with Crippen LogP contribution >= 0.6 is 0 Å². The number of hydrogen-bond donors (Lipinski definition) is 1. The number of piperidine rings is 1. The largest absolute Gasteiger partial charge is 0.444 e. The van der Waals surface area contributed by atoms with Crippen LogP contribution in [0.2, 0.25) is 0 Å². The summed E-state index contributed by atoms with van der Waals surface area (Å²) in [5.41, 5.74) is -0.573. The molecule has 0 bridgehead atoms. The van der Waals surface area contributed by atoms with Crippen LogP contribution in [0.5, 0.6) is 0 Å². The molecule has 0 spiro atoms. The van der Waals surface area contributed by atoms with E-state index in [1.807, 2.05) is 27.7 Å². The van der Waals surface area contributed by atoms with Gasteiger partial charge < -0.3 is 10.1 Å². The molecule has 134 valence electrons. The quantitative estimate of drug-likeness (QED) is 0.901. The van der Waals surface area contributed by atoms with Gasteiger partial charge in [-0.2, -0.15) is 5.10 Å². The van der Waals surface area contributed by atoms with Gasteiger partial charge in [0.2, 0.25) is 5.91 Å². The van der Waals surface area contributed by atoms with Crippen LogP contribution < -0.4 is 5.32 Å². The minimum Gasteiger partial charge on any atom is -0.444 e.